The van der Waals surface area contributed by atoms with Crippen LogP contribution in [0.4, 0.5) is 5.69 Å². The molecule has 0 aliphatic heterocycles. The number of benzene rings is 1. The molecule has 7 heteroatoms. The molecule has 0 fully saturated rings. The minimum absolute atomic E-state index is 0.000645. The van der Waals surface area contributed by atoms with Crippen LogP contribution in [-0.2, 0) is 4.79 Å². The van der Waals surface area contributed by atoms with E-state index in [4.69, 9.17) is 21.3 Å². The Bertz CT molecular complexity index is 875. The molecule has 0 amide bonds. The van der Waals surface area contributed by atoms with Gasteiger partial charge in [0.05, 0.1) is 15.5 Å². The number of hydrogen-bond acceptors (Lipinski definition) is 5. The van der Waals surface area contributed by atoms with Gasteiger partial charge in [0.25, 0.3) is 5.69 Å². The molecule has 1 heterocycles. The lowest BCUT2D eigenvalue weighted by Crippen LogP contribution is -2.08. The van der Waals surface area contributed by atoms with Gasteiger partial charge in [-0.1, -0.05) is 25.4 Å². The van der Waals surface area contributed by atoms with Gasteiger partial charge in [-0.25, -0.2) is 0 Å². The molecule has 2 aromatic rings. The number of nitro benzene ring substituents is 1. The summed E-state index contributed by atoms with van der Waals surface area (Å²) in [6.45, 7) is 3.41. The van der Waals surface area contributed by atoms with E-state index in [1.807, 2.05) is 6.07 Å². The second-order valence-electron chi connectivity index (χ2n) is 5.31. The number of furan rings is 1. The van der Waals surface area contributed by atoms with Crippen molar-refractivity contribution in [1.82, 2.24) is 0 Å². The molecule has 0 saturated heterocycles. The molecule has 2 rings (SSSR count). The van der Waals surface area contributed by atoms with Crippen LogP contribution in [0.1, 0.15) is 19.6 Å². The predicted molar refractivity (Wildman–Crippen MR) is 89.2 cm³/mol. The summed E-state index contributed by atoms with van der Waals surface area (Å²) in [7, 11) is 0. The molecule has 1 aromatic heterocycles. The van der Waals surface area contributed by atoms with Gasteiger partial charge in [0, 0.05) is 29.7 Å². The number of carbonyl (C=O) groups excluding carboxylic acids is 1. The number of non-ortho nitro benzene ring substituents is 1. The summed E-state index contributed by atoms with van der Waals surface area (Å²) in [6, 6.07) is 9.12. The summed E-state index contributed by atoms with van der Waals surface area (Å²) in [6.07, 6.45) is 1.37. The maximum absolute atomic E-state index is 11.9. The number of nitro groups is 1. The van der Waals surface area contributed by atoms with Gasteiger partial charge in [0.2, 0.25) is 0 Å². The van der Waals surface area contributed by atoms with Gasteiger partial charge < -0.3 is 4.42 Å². The first kappa shape index (κ1) is 17.4. The van der Waals surface area contributed by atoms with Crippen molar-refractivity contribution in [2.24, 2.45) is 5.92 Å². The van der Waals surface area contributed by atoms with Gasteiger partial charge in [0.1, 0.15) is 17.6 Å². The van der Waals surface area contributed by atoms with Crippen molar-refractivity contribution < 1.29 is 14.1 Å². The third-order valence-electron chi connectivity index (χ3n) is 3.25. The van der Waals surface area contributed by atoms with Crippen LogP contribution in [0, 0.1) is 27.4 Å². The van der Waals surface area contributed by atoms with Crippen molar-refractivity contribution >= 4 is 29.1 Å². The van der Waals surface area contributed by atoms with Gasteiger partial charge in [-0.3, -0.25) is 14.9 Å². The number of hydrogen-bond donors (Lipinski definition) is 0. The quantitative estimate of drug-likeness (QED) is 0.340. The van der Waals surface area contributed by atoms with E-state index in [-0.39, 0.29) is 28.0 Å². The molecule has 0 atom stereocenters. The first-order valence-corrected chi connectivity index (χ1v) is 7.41. The number of rotatable bonds is 5. The third kappa shape index (κ3) is 3.70. The first-order chi connectivity index (χ1) is 11.3. The van der Waals surface area contributed by atoms with Crippen LogP contribution >= 0.6 is 11.6 Å². The van der Waals surface area contributed by atoms with E-state index in [2.05, 4.69) is 0 Å². The first-order valence-electron chi connectivity index (χ1n) is 7.03. The summed E-state index contributed by atoms with van der Waals surface area (Å²) in [5, 5.41) is 20.0. The van der Waals surface area contributed by atoms with E-state index in [9.17, 15) is 14.9 Å². The Morgan fingerprint density at radius 1 is 1.38 bits per heavy atom. The normalized spacial score (nSPS) is 11.4. The molecule has 6 nitrogen and oxygen atoms in total. The van der Waals surface area contributed by atoms with E-state index < -0.39 is 4.92 Å². The van der Waals surface area contributed by atoms with Crippen LogP contribution in [0.3, 0.4) is 0 Å². The SMILES string of the molecule is CC(C)C(=O)/C(C#N)=C\c1ccc(-c2ccc([N+](=O)[O-])cc2Cl)o1. The molecule has 0 aliphatic carbocycles. The maximum atomic E-state index is 11.9. The fraction of sp³-hybridized carbons (Fsp3) is 0.176. The van der Waals surface area contributed by atoms with Crippen LogP contribution in [-0.4, -0.2) is 10.7 Å². The zero-order valence-electron chi connectivity index (χ0n) is 12.9. The minimum atomic E-state index is -0.539. The fourth-order valence-electron chi connectivity index (χ4n) is 2.00. The third-order valence-corrected chi connectivity index (χ3v) is 3.57. The Balaban J connectivity index is 2.36. The summed E-state index contributed by atoms with van der Waals surface area (Å²) in [5.74, 6) is 0.138. The lowest BCUT2D eigenvalue weighted by molar-refractivity contribution is -0.384. The number of halogens is 1. The largest absolute Gasteiger partial charge is 0.457 e. The summed E-state index contributed by atoms with van der Waals surface area (Å²) in [4.78, 5) is 22.1. The van der Waals surface area contributed by atoms with Gasteiger partial charge in [-0.2, -0.15) is 5.26 Å². The van der Waals surface area contributed by atoms with Gasteiger partial charge in [-0.05, 0) is 18.2 Å². The fourth-order valence-corrected chi connectivity index (χ4v) is 2.27. The number of allylic oxidation sites excluding steroid dienone is 1. The van der Waals surface area contributed by atoms with E-state index in [0.717, 1.165) is 0 Å². The highest BCUT2D eigenvalue weighted by Crippen LogP contribution is 2.32. The Morgan fingerprint density at radius 3 is 2.62 bits per heavy atom. The lowest BCUT2D eigenvalue weighted by Gasteiger charge is -2.01. The van der Waals surface area contributed by atoms with Crippen molar-refractivity contribution in [2.75, 3.05) is 0 Å². The highest BCUT2D eigenvalue weighted by molar-refractivity contribution is 6.33. The van der Waals surface area contributed by atoms with Crippen molar-refractivity contribution in [1.29, 1.82) is 5.26 Å². The molecule has 0 bridgehead atoms. The Labute approximate surface area is 143 Å². The predicted octanol–water partition coefficient (Wildman–Crippen LogP) is 4.64. The van der Waals surface area contributed by atoms with Crippen LogP contribution in [0.5, 0.6) is 0 Å². The number of nitrogens with zero attached hydrogens (tertiary/aromatic N) is 2. The van der Waals surface area contributed by atoms with Crippen molar-refractivity contribution in [3.8, 4) is 17.4 Å². The second-order valence-corrected chi connectivity index (χ2v) is 5.72. The zero-order valence-corrected chi connectivity index (χ0v) is 13.7. The molecule has 0 aliphatic rings. The number of nitriles is 1. The van der Waals surface area contributed by atoms with Crippen molar-refractivity contribution in [3.63, 3.8) is 0 Å². The highest BCUT2D eigenvalue weighted by atomic mass is 35.5. The molecule has 0 radical (unpaired) electrons. The van der Waals surface area contributed by atoms with Crippen molar-refractivity contribution in [2.45, 2.75) is 13.8 Å². The average molecular weight is 345 g/mol. The summed E-state index contributed by atoms with van der Waals surface area (Å²) >= 11 is 6.06. The minimum Gasteiger partial charge on any atom is -0.457 e. The van der Waals surface area contributed by atoms with Gasteiger partial charge in [-0.15, -0.1) is 0 Å². The van der Waals surface area contributed by atoms with Crippen LogP contribution in [0.2, 0.25) is 5.02 Å². The maximum Gasteiger partial charge on any atom is 0.270 e. The second kappa shape index (κ2) is 7.11. The Kier molecular flexibility index (Phi) is 5.17. The number of carbonyl (C=O) groups is 1. The molecule has 1 aromatic carbocycles. The topological polar surface area (TPSA) is 97.1 Å². The van der Waals surface area contributed by atoms with Crippen LogP contribution in [0.15, 0.2) is 40.3 Å². The molecule has 0 spiro atoms. The standard InChI is InChI=1S/C17H13ClN2O4/c1-10(2)17(21)11(9-19)7-13-4-6-16(24-13)14-5-3-12(20(22)23)8-15(14)18/h3-8,10H,1-2H3/b11-7-. The molecule has 24 heavy (non-hydrogen) atoms. The van der Waals surface area contributed by atoms with E-state index >= 15 is 0 Å². The van der Waals surface area contributed by atoms with E-state index in [0.29, 0.717) is 17.1 Å². The smallest absolute Gasteiger partial charge is 0.270 e. The Morgan fingerprint density at radius 2 is 2.08 bits per heavy atom. The lowest BCUT2D eigenvalue weighted by atomic mass is 10.0. The molecular formula is C17H13ClN2O4. The van der Waals surface area contributed by atoms with Crippen molar-refractivity contribution in [3.05, 3.63) is 56.8 Å². The number of ketones is 1. The molecule has 0 N–H and O–H groups in total. The molecule has 0 unspecified atom stereocenters. The van der Waals surface area contributed by atoms with Gasteiger partial charge >= 0.3 is 0 Å². The van der Waals surface area contributed by atoms with Gasteiger partial charge in [0.15, 0.2) is 5.78 Å². The summed E-state index contributed by atoms with van der Waals surface area (Å²) < 4.78 is 5.58. The molecule has 0 saturated carbocycles. The van der Waals surface area contributed by atoms with E-state index in [1.165, 1.54) is 24.3 Å². The average Bonchev–Trinajstić information content (AvgIpc) is 2.99. The monoisotopic (exact) mass is 344 g/mol. The molecular weight excluding hydrogens is 332 g/mol. The highest BCUT2D eigenvalue weighted by Gasteiger charge is 2.16. The van der Waals surface area contributed by atoms with Crippen LogP contribution in [0.25, 0.3) is 17.4 Å². The van der Waals surface area contributed by atoms with E-state index in [1.54, 1.807) is 26.0 Å². The van der Waals surface area contributed by atoms with Crippen LogP contribution < -0.4 is 0 Å². The number of Topliss-reactive ketones (excluding diaryl/α,β-unsaturated/α-hetero) is 1. The zero-order chi connectivity index (χ0) is 17.9. The summed E-state index contributed by atoms with van der Waals surface area (Å²) in [5.41, 5.74) is 0.362. The Hall–Kier alpha value is -2.91. The molecule has 122 valence electrons.